The Balaban J connectivity index is 2.12. The number of ketones is 1. The summed E-state index contributed by atoms with van der Waals surface area (Å²) in [4.78, 5) is 12.0. The largest absolute Gasteiger partial charge is 0.497 e. The molecule has 0 heterocycles. The highest BCUT2D eigenvalue weighted by Gasteiger charge is 2.36. The van der Waals surface area contributed by atoms with Crippen LogP contribution >= 0.6 is 0 Å². The van der Waals surface area contributed by atoms with Crippen molar-refractivity contribution in [2.45, 2.75) is 18.3 Å². The van der Waals surface area contributed by atoms with E-state index >= 15 is 0 Å². The zero-order valence-corrected chi connectivity index (χ0v) is 12.1. The van der Waals surface area contributed by atoms with Crippen LogP contribution in [0.2, 0.25) is 0 Å². The third kappa shape index (κ3) is 2.49. The van der Waals surface area contributed by atoms with E-state index in [0.717, 1.165) is 17.7 Å². The van der Waals surface area contributed by atoms with Crippen LogP contribution in [0.4, 0.5) is 0 Å². The van der Waals surface area contributed by atoms with Crippen molar-refractivity contribution >= 4 is 5.78 Å². The maximum absolute atomic E-state index is 12.0. The first-order valence-electron chi connectivity index (χ1n) is 7.14. The summed E-state index contributed by atoms with van der Waals surface area (Å²) >= 11 is 0. The molecule has 0 bridgehead atoms. The molecule has 1 unspecified atom stereocenters. The molecule has 21 heavy (non-hydrogen) atoms. The summed E-state index contributed by atoms with van der Waals surface area (Å²) in [7, 11) is 1.66. The van der Waals surface area contributed by atoms with E-state index in [1.807, 2.05) is 36.4 Å². The number of allylic oxidation sites excluding steroid dienone is 2. The number of ether oxygens (including phenoxy) is 1. The molecule has 0 aliphatic heterocycles. The van der Waals surface area contributed by atoms with Gasteiger partial charge in [-0.25, -0.2) is 0 Å². The van der Waals surface area contributed by atoms with E-state index in [9.17, 15) is 4.79 Å². The van der Waals surface area contributed by atoms with Crippen LogP contribution in [0.1, 0.15) is 24.0 Å². The second-order valence-corrected chi connectivity index (χ2v) is 5.43. The lowest BCUT2D eigenvalue weighted by atomic mass is 9.67. The third-order valence-corrected chi connectivity index (χ3v) is 4.22. The molecule has 0 aromatic heterocycles. The molecule has 0 saturated heterocycles. The molecule has 0 fully saturated rings. The number of carbonyl (C=O) groups is 1. The summed E-state index contributed by atoms with van der Waals surface area (Å²) in [6, 6.07) is 18.3. The molecule has 2 heteroatoms. The molecule has 1 aliphatic carbocycles. The standard InChI is InChI=1S/C19H18O2/c1-21-18-11-9-16(10-12-18)19(13-5-8-17(20)14-19)15-6-3-2-4-7-15/h2-12H,13-14H2,1H3. The summed E-state index contributed by atoms with van der Waals surface area (Å²) in [5, 5.41) is 0. The van der Waals surface area contributed by atoms with Gasteiger partial charge in [-0.3, -0.25) is 4.79 Å². The Morgan fingerprint density at radius 3 is 2.24 bits per heavy atom. The van der Waals surface area contributed by atoms with Crippen molar-refractivity contribution in [2.75, 3.05) is 7.11 Å². The molecule has 0 amide bonds. The lowest BCUT2D eigenvalue weighted by Gasteiger charge is -2.35. The third-order valence-electron chi connectivity index (χ3n) is 4.22. The van der Waals surface area contributed by atoms with Gasteiger partial charge in [0.05, 0.1) is 7.11 Å². The maximum Gasteiger partial charge on any atom is 0.156 e. The fourth-order valence-electron chi connectivity index (χ4n) is 3.09. The molecule has 2 aromatic rings. The topological polar surface area (TPSA) is 26.3 Å². The number of carbonyl (C=O) groups excluding carboxylic acids is 1. The van der Waals surface area contributed by atoms with E-state index in [0.29, 0.717) is 6.42 Å². The smallest absolute Gasteiger partial charge is 0.156 e. The van der Waals surface area contributed by atoms with E-state index in [2.05, 4.69) is 24.3 Å². The minimum atomic E-state index is -0.265. The molecular formula is C19H18O2. The second kappa shape index (κ2) is 5.57. The molecule has 1 aliphatic rings. The lowest BCUT2D eigenvalue weighted by molar-refractivity contribution is -0.115. The Labute approximate surface area is 125 Å². The maximum atomic E-state index is 12.0. The first-order valence-corrected chi connectivity index (χ1v) is 7.14. The Morgan fingerprint density at radius 2 is 1.62 bits per heavy atom. The van der Waals surface area contributed by atoms with Crippen LogP contribution in [0.3, 0.4) is 0 Å². The Morgan fingerprint density at radius 1 is 0.952 bits per heavy atom. The predicted molar refractivity (Wildman–Crippen MR) is 83.6 cm³/mol. The van der Waals surface area contributed by atoms with E-state index in [1.54, 1.807) is 13.2 Å². The Hall–Kier alpha value is -2.35. The van der Waals surface area contributed by atoms with Crippen molar-refractivity contribution in [1.82, 2.24) is 0 Å². The summed E-state index contributed by atoms with van der Waals surface area (Å²) in [5.41, 5.74) is 2.08. The van der Waals surface area contributed by atoms with Crippen molar-refractivity contribution in [3.8, 4) is 5.75 Å². The van der Waals surface area contributed by atoms with Gasteiger partial charge in [0.25, 0.3) is 0 Å². The van der Waals surface area contributed by atoms with Gasteiger partial charge in [-0.2, -0.15) is 0 Å². The van der Waals surface area contributed by atoms with Crippen LogP contribution in [0.5, 0.6) is 5.75 Å². The molecule has 0 N–H and O–H groups in total. The van der Waals surface area contributed by atoms with E-state index < -0.39 is 0 Å². The van der Waals surface area contributed by atoms with Gasteiger partial charge in [-0.15, -0.1) is 0 Å². The molecule has 0 radical (unpaired) electrons. The molecule has 2 aromatic carbocycles. The minimum Gasteiger partial charge on any atom is -0.497 e. The number of hydrogen-bond acceptors (Lipinski definition) is 2. The SMILES string of the molecule is COc1ccc(C2(c3ccccc3)CC=CC(=O)C2)cc1. The molecule has 106 valence electrons. The normalized spacial score (nSPS) is 21.3. The van der Waals surface area contributed by atoms with Crippen LogP contribution in [0.25, 0.3) is 0 Å². The number of hydrogen-bond donors (Lipinski definition) is 0. The van der Waals surface area contributed by atoms with Crippen LogP contribution in [-0.2, 0) is 10.2 Å². The van der Waals surface area contributed by atoms with Gasteiger partial charge in [0.2, 0.25) is 0 Å². The van der Waals surface area contributed by atoms with Crippen LogP contribution in [0.15, 0.2) is 66.7 Å². The number of benzene rings is 2. The van der Waals surface area contributed by atoms with Crippen molar-refractivity contribution in [3.05, 3.63) is 77.9 Å². The predicted octanol–water partition coefficient (Wildman–Crippen LogP) is 3.90. The van der Waals surface area contributed by atoms with Crippen molar-refractivity contribution in [3.63, 3.8) is 0 Å². The highest BCUT2D eigenvalue weighted by Crippen LogP contribution is 2.42. The van der Waals surface area contributed by atoms with Crippen molar-refractivity contribution in [1.29, 1.82) is 0 Å². The summed E-state index contributed by atoms with van der Waals surface area (Å²) in [6.07, 6.45) is 5.04. The molecule has 2 nitrogen and oxygen atoms in total. The van der Waals surface area contributed by atoms with Gasteiger partial charge >= 0.3 is 0 Å². The second-order valence-electron chi connectivity index (χ2n) is 5.43. The fourth-order valence-corrected chi connectivity index (χ4v) is 3.09. The van der Waals surface area contributed by atoms with Crippen molar-refractivity contribution in [2.24, 2.45) is 0 Å². The highest BCUT2D eigenvalue weighted by atomic mass is 16.5. The summed E-state index contributed by atoms with van der Waals surface area (Å²) in [6.45, 7) is 0. The average molecular weight is 278 g/mol. The molecule has 0 saturated carbocycles. The lowest BCUT2D eigenvalue weighted by Crippen LogP contribution is -2.32. The number of rotatable bonds is 3. The quantitative estimate of drug-likeness (QED) is 0.851. The van der Waals surface area contributed by atoms with Crippen LogP contribution < -0.4 is 4.74 Å². The van der Waals surface area contributed by atoms with E-state index in [4.69, 9.17) is 4.74 Å². The zero-order valence-electron chi connectivity index (χ0n) is 12.1. The highest BCUT2D eigenvalue weighted by molar-refractivity contribution is 5.92. The monoisotopic (exact) mass is 278 g/mol. The average Bonchev–Trinajstić information content (AvgIpc) is 2.55. The number of methoxy groups -OCH3 is 1. The Bertz CT molecular complexity index is 656. The van der Waals surface area contributed by atoms with Gasteiger partial charge in [-0.1, -0.05) is 48.5 Å². The first kappa shape index (κ1) is 13.6. The first-order chi connectivity index (χ1) is 10.2. The van der Waals surface area contributed by atoms with E-state index in [1.165, 1.54) is 5.56 Å². The van der Waals surface area contributed by atoms with Gasteiger partial charge < -0.3 is 4.74 Å². The molecule has 3 rings (SSSR count). The zero-order chi connectivity index (χ0) is 14.7. The van der Waals surface area contributed by atoms with Gasteiger partial charge in [0, 0.05) is 11.8 Å². The van der Waals surface area contributed by atoms with Gasteiger partial charge in [-0.05, 0) is 35.8 Å². The van der Waals surface area contributed by atoms with Crippen LogP contribution in [-0.4, -0.2) is 12.9 Å². The summed E-state index contributed by atoms with van der Waals surface area (Å²) < 4.78 is 5.24. The van der Waals surface area contributed by atoms with Gasteiger partial charge in [0.1, 0.15) is 5.75 Å². The van der Waals surface area contributed by atoms with E-state index in [-0.39, 0.29) is 11.2 Å². The summed E-state index contributed by atoms with van der Waals surface area (Å²) in [5.74, 6) is 1.01. The Kier molecular flexibility index (Phi) is 3.61. The fraction of sp³-hybridized carbons (Fsp3) is 0.211. The minimum absolute atomic E-state index is 0.181. The molecular weight excluding hydrogens is 260 g/mol. The molecule has 0 spiro atoms. The van der Waals surface area contributed by atoms with Gasteiger partial charge in [0.15, 0.2) is 5.78 Å². The van der Waals surface area contributed by atoms with Crippen molar-refractivity contribution < 1.29 is 9.53 Å². The van der Waals surface area contributed by atoms with Crippen LogP contribution in [0, 0.1) is 0 Å². The molecule has 1 atom stereocenters.